The predicted molar refractivity (Wildman–Crippen MR) is 125 cm³/mol. The summed E-state index contributed by atoms with van der Waals surface area (Å²) in [4.78, 5) is 27.5. The van der Waals surface area contributed by atoms with Gasteiger partial charge in [-0.25, -0.2) is 9.59 Å². The molecule has 2 aliphatic heterocycles. The number of hydrogen-bond donors (Lipinski definition) is 0. The summed E-state index contributed by atoms with van der Waals surface area (Å²) in [5, 5.41) is 0. The number of carbonyl (C=O) groups excluding carboxylic acids is 2. The van der Waals surface area contributed by atoms with E-state index in [1.165, 1.54) is 14.2 Å². The minimum absolute atomic E-state index is 0.118. The van der Waals surface area contributed by atoms with Crippen molar-refractivity contribution in [2.24, 2.45) is 0 Å². The number of methoxy groups -OCH3 is 4. The Kier molecular flexibility index (Phi) is 7.14. The van der Waals surface area contributed by atoms with Crippen molar-refractivity contribution in [1.82, 2.24) is 4.90 Å². The largest absolute Gasteiger partial charge is 0.493 e. The zero-order valence-corrected chi connectivity index (χ0v) is 20.0. The molecule has 0 spiro atoms. The van der Waals surface area contributed by atoms with Gasteiger partial charge in [0.25, 0.3) is 0 Å². The molecule has 0 saturated heterocycles. The Morgan fingerprint density at radius 2 is 1.51 bits per heavy atom. The van der Waals surface area contributed by atoms with Crippen LogP contribution in [0.15, 0.2) is 59.9 Å². The van der Waals surface area contributed by atoms with Crippen LogP contribution >= 0.6 is 0 Å². The Bertz CT molecular complexity index is 1150. The van der Waals surface area contributed by atoms with E-state index >= 15 is 0 Å². The molecule has 0 amide bonds. The first-order valence-corrected chi connectivity index (χ1v) is 10.9. The van der Waals surface area contributed by atoms with Gasteiger partial charge in [-0.05, 0) is 41.8 Å². The third kappa shape index (κ3) is 4.89. The normalized spacial score (nSPS) is 14.7. The fourth-order valence-electron chi connectivity index (χ4n) is 4.16. The molecule has 2 aliphatic rings. The molecule has 0 unspecified atom stereocenters. The molecule has 0 saturated carbocycles. The van der Waals surface area contributed by atoms with Crippen molar-refractivity contribution in [2.45, 2.75) is 12.3 Å². The van der Waals surface area contributed by atoms with E-state index in [2.05, 4.69) is 0 Å². The second-order valence-electron chi connectivity index (χ2n) is 7.87. The highest BCUT2D eigenvalue weighted by Crippen LogP contribution is 2.41. The summed E-state index contributed by atoms with van der Waals surface area (Å²) in [7, 11) is 5.79. The smallest absolute Gasteiger partial charge is 0.336 e. The predicted octanol–water partition coefficient (Wildman–Crippen LogP) is 3.19. The molecule has 2 heterocycles. The van der Waals surface area contributed by atoms with Crippen molar-refractivity contribution in [1.29, 1.82) is 0 Å². The van der Waals surface area contributed by atoms with Gasteiger partial charge in [-0.2, -0.15) is 0 Å². The molecule has 0 radical (unpaired) electrons. The van der Waals surface area contributed by atoms with E-state index in [0.717, 1.165) is 5.56 Å². The number of hydrogen-bond acceptors (Lipinski definition) is 9. The Balaban J connectivity index is 1.66. The first-order chi connectivity index (χ1) is 17.0. The van der Waals surface area contributed by atoms with Crippen LogP contribution < -0.4 is 18.9 Å². The topological polar surface area (TPSA) is 92.8 Å². The minimum atomic E-state index is -0.693. The SMILES string of the molecule is COC(=O)C1=CN(CCc2ccc(OC)c(OC)c2)C=C(C(=O)OC)C1c1ccc2c(c1)OCO2. The van der Waals surface area contributed by atoms with E-state index < -0.39 is 17.9 Å². The second kappa shape index (κ2) is 10.4. The molecule has 0 N–H and O–H groups in total. The molecule has 9 nitrogen and oxygen atoms in total. The fraction of sp³-hybridized carbons (Fsp3) is 0.308. The molecule has 9 heteroatoms. The van der Waals surface area contributed by atoms with Crippen molar-refractivity contribution >= 4 is 11.9 Å². The quantitative estimate of drug-likeness (QED) is 0.527. The number of rotatable bonds is 8. The van der Waals surface area contributed by atoms with E-state index in [-0.39, 0.29) is 6.79 Å². The van der Waals surface area contributed by atoms with Gasteiger partial charge >= 0.3 is 11.9 Å². The van der Waals surface area contributed by atoms with Crippen molar-refractivity contribution in [3.63, 3.8) is 0 Å². The molecule has 184 valence electrons. The lowest BCUT2D eigenvalue weighted by molar-refractivity contribution is -0.137. The first-order valence-electron chi connectivity index (χ1n) is 10.9. The Hall–Kier alpha value is -4.14. The Labute approximate surface area is 203 Å². The minimum Gasteiger partial charge on any atom is -0.493 e. The summed E-state index contributed by atoms with van der Waals surface area (Å²) in [6.45, 7) is 0.608. The van der Waals surface area contributed by atoms with Gasteiger partial charge in [0.1, 0.15) is 0 Å². The van der Waals surface area contributed by atoms with Crippen molar-refractivity contribution < 1.29 is 38.0 Å². The van der Waals surface area contributed by atoms with Crippen LogP contribution in [-0.2, 0) is 25.5 Å². The zero-order chi connectivity index (χ0) is 24.9. The van der Waals surface area contributed by atoms with Gasteiger partial charge in [0.2, 0.25) is 6.79 Å². The standard InChI is InChI=1S/C26H27NO8/c1-30-20-7-5-16(11-22(20)31-2)9-10-27-13-18(25(28)32-3)24(19(14-27)26(29)33-4)17-6-8-21-23(12-17)35-15-34-21/h5-8,11-14,24H,9-10,15H2,1-4H3. The van der Waals surface area contributed by atoms with Gasteiger partial charge in [-0.1, -0.05) is 12.1 Å². The maximum atomic E-state index is 12.8. The number of benzene rings is 2. The van der Waals surface area contributed by atoms with Crippen LogP contribution in [0, 0.1) is 0 Å². The van der Waals surface area contributed by atoms with Crippen molar-refractivity contribution in [3.8, 4) is 23.0 Å². The maximum Gasteiger partial charge on any atom is 0.336 e. The first kappa shape index (κ1) is 24.0. The molecule has 0 fully saturated rings. The molecule has 0 aromatic heterocycles. The van der Waals surface area contributed by atoms with Gasteiger partial charge in [-0.3, -0.25) is 0 Å². The molecule has 35 heavy (non-hydrogen) atoms. The third-order valence-corrected chi connectivity index (χ3v) is 5.91. The molecule has 0 aliphatic carbocycles. The van der Waals surface area contributed by atoms with Gasteiger partial charge in [-0.15, -0.1) is 0 Å². The van der Waals surface area contributed by atoms with E-state index in [0.29, 0.717) is 52.7 Å². The summed E-state index contributed by atoms with van der Waals surface area (Å²) in [6.07, 6.45) is 4.02. The molecular weight excluding hydrogens is 454 g/mol. The van der Waals surface area contributed by atoms with Crippen LogP contribution in [0.25, 0.3) is 0 Å². The lowest BCUT2D eigenvalue weighted by atomic mass is 9.83. The van der Waals surface area contributed by atoms with E-state index in [1.54, 1.807) is 49.7 Å². The van der Waals surface area contributed by atoms with Gasteiger partial charge in [0.05, 0.1) is 45.5 Å². The highest BCUT2D eigenvalue weighted by atomic mass is 16.7. The summed E-state index contributed by atoms with van der Waals surface area (Å²) >= 11 is 0. The Morgan fingerprint density at radius 1 is 0.857 bits per heavy atom. The number of nitrogens with zero attached hydrogens (tertiary/aromatic N) is 1. The molecule has 4 rings (SSSR count). The van der Waals surface area contributed by atoms with Crippen molar-refractivity contribution in [3.05, 3.63) is 71.1 Å². The lowest BCUT2D eigenvalue weighted by Gasteiger charge is -2.30. The lowest BCUT2D eigenvalue weighted by Crippen LogP contribution is -2.29. The van der Waals surface area contributed by atoms with Crippen LogP contribution in [0.4, 0.5) is 0 Å². The summed E-state index contributed by atoms with van der Waals surface area (Å²) in [6, 6.07) is 11.0. The molecule has 0 bridgehead atoms. The number of fused-ring (bicyclic) bond motifs is 1. The monoisotopic (exact) mass is 481 g/mol. The number of carbonyl (C=O) groups is 2. The van der Waals surface area contributed by atoms with Gasteiger partial charge < -0.3 is 33.3 Å². The molecular formula is C26H27NO8. The van der Waals surface area contributed by atoms with E-state index in [4.69, 9.17) is 28.4 Å². The van der Waals surface area contributed by atoms with Crippen LogP contribution in [-0.4, -0.2) is 58.6 Å². The maximum absolute atomic E-state index is 12.8. The molecule has 0 atom stereocenters. The third-order valence-electron chi connectivity index (χ3n) is 5.91. The number of ether oxygens (including phenoxy) is 6. The highest BCUT2D eigenvalue weighted by molar-refractivity contribution is 5.98. The fourth-order valence-corrected chi connectivity index (χ4v) is 4.16. The zero-order valence-electron chi connectivity index (χ0n) is 20.0. The van der Waals surface area contributed by atoms with Gasteiger partial charge in [0, 0.05) is 18.9 Å². The number of esters is 2. The second-order valence-corrected chi connectivity index (χ2v) is 7.87. The van der Waals surface area contributed by atoms with Crippen LogP contribution in [0.2, 0.25) is 0 Å². The van der Waals surface area contributed by atoms with Gasteiger partial charge in [0.15, 0.2) is 23.0 Å². The summed E-state index contributed by atoms with van der Waals surface area (Å²) < 4.78 is 31.7. The molecule has 2 aromatic carbocycles. The average Bonchev–Trinajstić information content (AvgIpc) is 3.38. The summed E-state index contributed by atoms with van der Waals surface area (Å²) in [5.41, 5.74) is 2.30. The van der Waals surface area contributed by atoms with E-state index in [9.17, 15) is 9.59 Å². The Morgan fingerprint density at radius 3 is 2.14 bits per heavy atom. The highest BCUT2D eigenvalue weighted by Gasteiger charge is 2.36. The van der Waals surface area contributed by atoms with Crippen LogP contribution in [0.1, 0.15) is 17.0 Å². The van der Waals surface area contributed by atoms with Crippen LogP contribution in [0.5, 0.6) is 23.0 Å². The average molecular weight is 482 g/mol. The van der Waals surface area contributed by atoms with Crippen molar-refractivity contribution in [2.75, 3.05) is 41.8 Å². The summed E-state index contributed by atoms with van der Waals surface area (Å²) in [5.74, 6) is 0.642. The van der Waals surface area contributed by atoms with Crippen LogP contribution in [0.3, 0.4) is 0 Å². The molecule has 2 aromatic rings. The van der Waals surface area contributed by atoms with E-state index in [1.807, 2.05) is 18.2 Å².